The Bertz CT molecular complexity index is 251. The summed E-state index contributed by atoms with van der Waals surface area (Å²) >= 11 is 0. The van der Waals surface area contributed by atoms with Crippen LogP contribution in [0.2, 0.25) is 0 Å². The van der Waals surface area contributed by atoms with E-state index < -0.39 is 0 Å². The Balaban J connectivity index is 4.01. The number of allylic oxidation sites excluding steroid dienone is 1. The fraction of sp³-hybridized carbons (Fsp3) is 0.905. The summed E-state index contributed by atoms with van der Waals surface area (Å²) in [7, 11) is 0. The standard InChI is InChI=1S/C21H44N2/c1-6-11-12-13-14-15-16-17-18-19-20-21(22(7-2)8-3)23(9-4)10-5/h20H,6-19H2,1-5H3. The molecule has 23 heavy (non-hydrogen) atoms. The second kappa shape index (κ2) is 16.2. The predicted octanol–water partition coefficient (Wildman–Crippen LogP) is 6.43. The average Bonchev–Trinajstić information content (AvgIpc) is 2.58. The van der Waals surface area contributed by atoms with Crippen molar-refractivity contribution in [1.29, 1.82) is 0 Å². The van der Waals surface area contributed by atoms with Gasteiger partial charge in [0.05, 0.1) is 5.82 Å². The van der Waals surface area contributed by atoms with Crippen LogP contribution in [0.1, 0.15) is 98.8 Å². The van der Waals surface area contributed by atoms with Crippen molar-refractivity contribution in [3.63, 3.8) is 0 Å². The monoisotopic (exact) mass is 324 g/mol. The fourth-order valence-electron chi connectivity index (χ4n) is 3.24. The molecule has 0 aliphatic rings. The van der Waals surface area contributed by atoms with Gasteiger partial charge in [-0.2, -0.15) is 0 Å². The third-order valence-corrected chi connectivity index (χ3v) is 4.81. The molecule has 2 nitrogen and oxygen atoms in total. The molecule has 2 heteroatoms. The molecule has 0 saturated carbocycles. The van der Waals surface area contributed by atoms with Crippen LogP contribution in [0.25, 0.3) is 0 Å². The third-order valence-electron chi connectivity index (χ3n) is 4.81. The summed E-state index contributed by atoms with van der Waals surface area (Å²) < 4.78 is 0. The molecule has 0 atom stereocenters. The highest BCUT2D eigenvalue weighted by molar-refractivity contribution is 5.00. The summed E-state index contributed by atoms with van der Waals surface area (Å²) in [5.41, 5.74) is 0. The van der Waals surface area contributed by atoms with E-state index in [9.17, 15) is 0 Å². The Kier molecular flexibility index (Phi) is 15.7. The van der Waals surface area contributed by atoms with Crippen molar-refractivity contribution in [2.24, 2.45) is 0 Å². The number of rotatable bonds is 16. The molecule has 0 spiro atoms. The van der Waals surface area contributed by atoms with Gasteiger partial charge in [0.25, 0.3) is 0 Å². The highest BCUT2D eigenvalue weighted by atomic mass is 15.3. The maximum atomic E-state index is 2.50. The SMILES string of the molecule is CCCCCCCCCCCC=C(N(CC)CC)N(CC)CC. The van der Waals surface area contributed by atoms with Crippen LogP contribution < -0.4 is 0 Å². The Hall–Kier alpha value is -0.660. The maximum Gasteiger partial charge on any atom is 0.0997 e. The predicted molar refractivity (Wildman–Crippen MR) is 106 cm³/mol. The van der Waals surface area contributed by atoms with Crippen LogP contribution in [0, 0.1) is 0 Å². The average molecular weight is 325 g/mol. The lowest BCUT2D eigenvalue weighted by atomic mass is 10.1. The minimum absolute atomic E-state index is 1.11. The fourth-order valence-corrected chi connectivity index (χ4v) is 3.24. The van der Waals surface area contributed by atoms with E-state index in [4.69, 9.17) is 0 Å². The molecule has 0 unspecified atom stereocenters. The van der Waals surface area contributed by atoms with E-state index in [-0.39, 0.29) is 0 Å². The molecule has 0 saturated heterocycles. The van der Waals surface area contributed by atoms with Gasteiger partial charge in [0.15, 0.2) is 0 Å². The summed E-state index contributed by atoms with van der Waals surface area (Å²) in [6, 6.07) is 0. The number of hydrogen-bond acceptors (Lipinski definition) is 2. The van der Waals surface area contributed by atoms with Gasteiger partial charge < -0.3 is 9.80 Å². The first-order valence-corrected chi connectivity index (χ1v) is 10.4. The molecular weight excluding hydrogens is 280 g/mol. The van der Waals surface area contributed by atoms with Crippen LogP contribution in [0.5, 0.6) is 0 Å². The second-order valence-corrected chi connectivity index (χ2v) is 6.52. The first kappa shape index (κ1) is 22.3. The lowest BCUT2D eigenvalue weighted by Crippen LogP contribution is -2.35. The van der Waals surface area contributed by atoms with Gasteiger partial charge in [-0.25, -0.2) is 0 Å². The summed E-state index contributed by atoms with van der Waals surface area (Å²) in [6.45, 7) is 15.8. The summed E-state index contributed by atoms with van der Waals surface area (Å²) in [5, 5.41) is 0. The van der Waals surface area contributed by atoms with Crippen LogP contribution in [0.3, 0.4) is 0 Å². The largest absolute Gasteiger partial charge is 0.359 e. The number of unbranched alkanes of at least 4 members (excludes halogenated alkanes) is 9. The van der Waals surface area contributed by atoms with Gasteiger partial charge >= 0.3 is 0 Å². The van der Waals surface area contributed by atoms with Crippen LogP contribution in [-0.4, -0.2) is 36.0 Å². The Morgan fingerprint density at radius 3 is 1.35 bits per heavy atom. The molecule has 0 aromatic carbocycles. The molecular formula is C21H44N2. The third kappa shape index (κ3) is 10.7. The van der Waals surface area contributed by atoms with Gasteiger partial charge in [-0.3, -0.25) is 0 Å². The van der Waals surface area contributed by atoms with Crippen molar-refractivity contribution >= 4 is 0 Å². The van der Waals surface area contributed by atoms with Gasteiger partial charge in [0, 0.05) is 26.2 Å². The number of hydrogen-bond donors (Lipinski definition) is 0. The van der Waals surface area contributed by atoms with Gasteiger partial charge in [0.2, 0.25) is 0 Å². The van der Waals surface area contributed by atoms with Crippen molar-refractivity contribution in [3.05, 3.63) is 11.9 Å². The van der Waals surface area contributed by atoms with E-state index in [1.807, 2.05) is 0 Å². The maximum absolute atomic E-state index is 2.50. The smallest absolute Gasteiger partial charge is 0.0997 e. The van der Waals surface area contributed by atoms with Crippen molar-refractivity contribution < 1.29 is 0 Å². The molecule has 0 aliphatic heterocycles. The van der Waals surface area contributed by atoms with E-state index in [1.54, 1.807) is 0 Å². The zero-order valence-electron chi connectivity index (χ0n) is 16.9. The highest BCUT2D eigenvalue weighted by Gasteiger charge is 2.10. The van der Waals surface area contributed by atoms with Crippen LogP contribution in [0.15, 0.2) is 11.9 Å². The molecule has 0 aromatic heterocycles. The lowest BCUT2D eigenvalue weighted by Gasteiger charge is -2.34. The minimum Gasteiger partial charge on any atom is -0.359 e. The van der Waals surface area contributed by atoms with Crippen LogP contribution in [0.4, 0.5) is 0 Å². The first-order valence-electron chi connectivity index (χ1n) is 10.4. The molecule has 0 N–H and O–H groups in total. The second-order valence-electron chi connectivity index (χ2n) is 6.52. The quantitative estimate of drug-likeness (QED) is 0.302. The van der Waals surface area contributed by atoms with Crippen molar-refractivity contribution in [1.82, 2.24) is 9.80 Å². The molecule has 0 heterocycles. The van der Waals surface area contributed by atoms with Crippen molar-refractivity contribution in [2.45, 2.75) is 98.8 Å². The Labute approximate surface area is 147 Å². The van der Waals surface area contributed by atoms with Gasteiger partial charge in [-0.15, -0.1) is 0 Å². The zero-order chi connectivity index (χ0) is 17.3. The molecule has 0 fully saturated rings. The van der Waals surface area contributed by atoms with E-state index in [0.29, 0.717) is 0 Å². The first-order chi connectivity index (χ1) is 11.2. The minimum atomic E-state index is 1.11. The number of nitrogens with zero attached hydrogens (tertiary/aromatic N) is 2. The van der Waals surface area contributed by atoms with Crippen LogP contribution >= 0.6 is 0 Å². The molecule has 0 bridgehead atoms. The molecule has 0 aromatic rings. The van der Waals surface area contributed by atoms with E-state index in [0.717, 1.165) is 26.2 Å². The normalized spacial score (nSPS) is 10.7. The van der Waals surface area contributed by atoms with Gasteiger partial charge in [0.1, 0.15) is 0 Å². The van der Waals surface area contributed by atoms with Crippen molar-refractivity contribution in [3.8, 4) is 0 Å². The molecule has 0 amide bonds. The lowest BCUT2D eigenvalue weighted by molar-refractivity contribution is 0.233. The summed E-state index contributed by atoms with van der Waals surface area (Å²) in [4.78, 5) is 5.00. The van der Waals surface area contributed by atoms with E-state index in [1.165, 1.54) is 70.0 Å². The molecule has 138 valence electrons. The van der Waals surface area contributed by atoms with Crippen LogP contribution in [-0.2, 0) is 0 Å². The van der Waals surface area contributed by atoms with E-state index in [2.05, 4.69) is 50.5 Å². The molecule has 0 aliphatic carbocycles. The summed E-state index contributed by atoms with van der Waals surface area (Å²) in [6.07, 6.45) is 16.4. The van der Waals surface area contributed by atoms with Crippen molar-refractivity contribution in [2.75, 3.05) is 26.2 Å². The highest BCUT2D eigenvalue weighted by Crippen LogP contribution is 2.15. The molecule has 0 radical (unpaired) electrons. The summed E-state index contributed by atoms with van der Waals surface area (Å²) in [5.74, 6) is 1.46. The van der Waals surface area contributed by atoms with E-state index >= 15 is 0 Å². The Morgan fingerprint density at radius 2 is 0.957 bits per heavy atom. The van der Waals surface area contributed by atoms with Gasteiger partial charge in [-0.1, -0.05) is 58.3 Å². The van der Waals surface area contributed by atoms with Gasteiger partial charge in [-0.05, 0) is 46.6 Å². The Morgan fingerprint density at radius 1 is 0.565 bits per heavy atom. The molecule has 0 rings (SSSR count). The topological polar surface area (TPSA) is 6.48 Å². The zero-order valence-corrected chi connectivity index (χ0v) is 16.9.